The Labute approximate surface area is 216 Å². The smallest absolute Gasteiger partial charge is 0.251 e. The molecule has 1 atom stereocenters. The lowest BCUT2D eigenvalue weighted by Gasteiger charge is -2.20. The number of aryl methyl sites for hydroxylation is 2. The highest BCUT2D eigenvalue weighted by molar-refractivity contribution is 5.96. The first-order chi connectivity index (χ1) is 17.7. The Hall–Kier alpha value is -3.94. The molecule has 5 rings (SSSR count). The topological polar surface area (TPSA) is 80.6 Å². The van der Waals surface area contributed by atoms with Gasteiger partial charge >= 0.3 is 0 Å². The van der Waals surface area contributed by atoms with Crippen LogP contribution in [-0.2, 0) is 13.6 Å². The van der Waals surface area contributed by atoms with Crippen molar-refractivity contribution in [2.24, 2.45) is 13.0 Å². The number of hydrogen-bond donors (Lipinski definition) is 2. The summed E-state index contributed by atoms with van der Waals surface area (Å²) in [6.07, 6.45) is 7.57. The first-order valence-corrected chi connectivity index (χ1v) is 12.7. The summed E-state index contributed by atoms with van der Waals surface area (Å²) in [6.45, 7) is 6.36. The molecule has 1 amide bonds. The van der Waals surface area contributed by atoms with Gasteiger partial charge < -0.3 is 14.5 Å². The molecule has 0 saturated heterocycles. The molecule has 0 spiro atoms. The van der Waals surface area contributed by atoms with E-state index in [1.807, 2.05) is 53.0 Å². The predicted molar refractivity (Wildman–Crippen MR) is 140 cm³/mol. The summed E-state index contributed by atoms with van der Waals surface area (Å²) in [5.41, 5.74) is 5.20. The maximum atomic E-state index is 13.9. The lowest BCUT2D eigenvalue weighted by Crippen LogP contribution is -2.30. The maximum Gasteiger partial charge on any atom is 0.251 e. The molecule has 192 valence electrons. The number of rotatable bonds is 8. The van der Waals surface area contributed by atoms with Crippen molar-refractivity contribution >= 4 is 5.91 Å². The fourth-order valence-electron chi connectivity index (χ4n) is 4.85. The Morgan fingerprint density at radius 1 is 1.16 bits per heavy atom. The minimum Gasteiger partial charge on any atom is -0.345 e. The summed E-state index contributed by atoms with van der Waals surface area (Å²) in [6, 6.07) is 12.9. The van der Waals surface area contributed by atoms with Crippen molar-refractivity contribution in [2.75, 3.05) is 0 Å². The molecule has 2 heterocycles. The third-order valence-electron chi connectivity index (χ3n) is 7.06. The molecule has 37 heavy (non-hydrogen) atoms. The number of aromatic nitrogens is 4. The van der Waals surface area contributed by atoms with Gasteiger partial charge in [-0.25, -0.2) is 4.39 Å². The number of carbonyl (C=O) groups excluding carboxylic acids is 1. The molecule has 1 aliphatic rings. The number of halogens is 1. The van der Waals surface area contributed by atoms with E-state index in [2.05, 4.69) is 30.3 Å². The molecule has 1 fully saturated rings. The highest BCUT2D eigenvalue weighted by Crippen LogP contribution is 2.41. The molecule has 1 aliphatic carbocycles. The van der Waals surface area contributed by atoms with Crippen LogP contribution in [-0.4, -0.2) is 24.8 Å². The van der Waals surface area contributed by atoms with Crippen LogP contribution in [0.5, 0.6) is 0 Å². The van der Waals surface area contributed by atoms with E-state index in [1.165, 1.54) is 6.07 Å². The zero-order valence-corrected chi connectivity index (χ0v) is 21.7. The zero-order valence-electron chi connectivity index (χ0n) is 21.7. The monoisotopic (exact) mass is 500 g/mol. The van der Waals surface area contributed by atoms with Gasteiger partial charge in [0, 0.05) is 42.8 Å². The summed E-state index contributed by atoms with van der Waals surface area (Å²) in [7, 11) is 1.84. The van der Waals surface area contributed by atoms with E-state index in [9.17, 15) is 9.18 Å². The maximum absolute atomic E-state index is 13.9. The van der Waals surface area contributed by atoms with Crippen LogP contribution in [0.4, 0.5) is 4.39 Å². The molecule has 0 unspecified atom stereocenters. The average molecular weight is 501 g/mol. The second-order valence-corrected chi connectivity index (χ2v) is 10.3. The van der Waals surface area contributed by atoms with Gasteiger partial charge in [0.05, 0.1) is 18.3 Å². The number of amides is 1. The lowest BCUT2D eigenvalue weighted by molar-refractivity contribution is 0.0931. The highest BCUT2D eigenvalue weighted by atomic mass is 19.1. The Bertz CT molecular complexity index is 1510. The second kappa shape index (κ2) is 9.84. The standard InChI is InChI=1S/C29H33FN6O/c1-18(2)36-26(9-10-32-36)23-14-20(17-35-12-11-34(4)29(35)31)15-24(16-23)28(37)33-27(21-5-6-21)22-7-8-25(30)19(3)13-22/h7-16,18,21,27,31H,5-6,17H2,1-4H3,(H,33,37)/t27-/m0/s1. The molecule has 0 bridgehead atoms. The van der Waals surface area contributed by atoms with Gasteiger partial charge in [-0.2, -0.15) is 5.10 Å². The Kier molecular flexibility index (Phi) is 6.58. The molecule has 4 aromatic rings. The van der Waals surface area contributed by atoms with Crippen molar-refractivity contribution in [2.45, 2.75) is 52.2 Å². The van der Waals surface area contributed by atoms with Crippen molar-refractivity contribution in [1.29, 1.82) is 5.41 Å². The van der Waals surface area contributed by atoms with Gasteiger partial charge in [0.2, 0.25) is 5.62 Å². The van der Waals surface area contributed by atoms with Crippen molar-refractivity contribution in [3.8, 4) is 11.3 Å². The van der Waals surface area contributed by atoms with Crippen LogP contribution in [0.3, 0.4) is 0 Å². The molecular weight excluding hydrogens is 467 g/mol. The van der Waals surface area contributed by atoms with Crippen LogP contribution >= 0.6 is 0 Å². The first kappa shape index (κ1) is 24.7. The number of nitrogens with one attached hydrogen (secondary N) is 2. The van der Waals surface area contributed by atoms with Crippen LogP contribution in [0.15, 0.2) is 61.1 Å². The third kappa shape index (κ3) is 5.14. The zero-order chi connectivity index (χ0) is 26.3. The molecule has 1 saturated carbocycles. The van der Waals surface area contributed by atoms with E-state index in [-0.39, 0.29) is 23.8 Å². The molecule has 7 nitrogen and oxygen atoms in total. The van der Waals surface area contributed by atoms with E-state index in [4.69, 9.17) is 5.41 Å². The van der Waals surface area contributed by atoms with E-state index in [0.29, 0.717) is 29.2 Å². The number of benzene rings is 2. The quantitative estimate of drug-likeness (QED) is 0.352. The minimum atomic E-state index is -0.240. The number of hydrogen-bond acceptors (Lipinski definition) is 3. The van der Waals surface area contributed by atoms with Gasteiger partial charge in [0.15, 0.2) is 0 Å². The van der Waals surface area contributed by atoms with E-state index in [1.54, 1.807) is 23.8 Å². The van der Waals surface area contributed by atoms with E-state index in [0.717, 1.165) is 35.2 Å². The third-order valence-corrected chi connectivity index (χ3v) is 7.06. The molecule has 2 aromatic carbocycles. The largest absolute Gasteiger partial charge is 0.345 e. The highest BCUT2D eigenvalue weighted by Gasteiger charge is 2.34. The summed E-state index contributed by atoms with van der Waals surface area (Å²) in [5, 5.41) is 16.0. The van der Waals surface area contributed by atoms with Crippen LogP contribution in [0.25, 0.3) is 11.3 Å². The van der Waals surface area contributed by atoms with E-state index < -0.39 is 0 Å². The number of nitrogens with zero attached hydrogens (tertiary/aromatic N) is 4. The minimum absolute atomic E-state index is 0.162. The van der Waals surface area contributed by atoms with Crippen LogP contribution in [0.1, 0.15) is 65.8 Å². The van der Waals surface area contributed by atoms with Crippen molar-refractivity contribution < 1.29 is 9.18 Å². The second-order valence-electron chi connectivity index (χ2n) is 10.3. The molecule has 2 N–H and O–H groups in total. The first-order valence-electron chi connectivity index (χ1n) is 12.7. The van der Waals surface area contributed by atoms with Gasteiger partial charge in [-0.15, -0.1) is 0 Å². The van der Waals surface area contributed by atoms with Gasteiger partial charge in [0.25, 0.3) is 5.91 Å². The molecule has 2 aromatic heterocycles. The van der Waals surface area contributed by atoms with Gasteiger partial charge in [-0.05, 0) is 86.6 Å². The van der Waals surface area contributed by atoms with Gasteiger partial charge in [-0.3, -0.25) is 14.9 Å². The molecular formula is C29H33FN6O. The summed E-state index contributed by atoms with van der Waals surface area (Å²) in [4.78, 5) is 13.7. The fraction of sp³-hybridized carbons (Fsp3) is 0.345. The summed E-state index contributed by atoms with van der Waals surface area (Å²) < 4.78 is 19.5. The fourth-order valence-corrected chi connectivity index (χ4v) is 4.85. The Morgan fingerprint density at radius 2 is 1.95 bits per heavy atom. The predicted octanol–water partition coefficient (Wildman–Crippen LogP) is 5.13. The average Bonchev–Trinajstić information content (AvgIpc) is 3.50. The SMILES string of the molecule is Cc1cc([C@@H](NC(=O)c2cc(Cn3ccn(C)c3=N)cc(-c3ccnn3C(C)C)c2)C2CC2)ccc1F. The summed E-state index contributed by atoms with van der Waals surface area (Å²) >= 11 is 0. The number of carbonyl (C=O) groups is 1. The van der Waals surface area contributed by atoms with Crippen LogP contribution in [0, 0.1) is 24.1 Å². The lowest BCUT2D eigenvalue weighted by atomic mass is 9.98. The number of imidazole rings is 1. The Morgan fingerprint density at radius 3 is 2.59 bits per heavy atom. The molecule has 0 radical (unpaired) electrons. The summed E-state index contributed by atoms with van der Waals surface area (Å²) in [5.74, 6) is -0.0535. The van der Waals surface area contributed by atoms with Gasteiger partial charge in [0.1, 0.15) is 5.82 Å². The van der Waals surface area contributed by atoms with E-state index >= 15 is 0 Å². The van der Waals surface area contributed by atoms with Crippen molar-refractivity contribution in [3.63, 3.8) is 0 Å². The Balaban J connectivity index is 1.52. The van der Waals surface area contributed by atoms with Crippen molar-refractivity contribution in [1.82, 2.24) is 24.2 Å². The molecule has 8 heteroatoms. The molecule has 0 aliphatic heterocycles. The van der Waals surface area contributed by atoms with Crippen LogP contribution in [0.2, 0.25) is 0 Å². The normalized spacial score (nSPS) is 14.2. The van der Waals surface area contributed by atoms with Gasteiger partial charge in [-0.1, -0.05) is 12.1 Å². The van der Waals surface area contributed by atoms with Crippen LogP contribution < -0.4 is 10.9 Å². The van der Waals surface area contributed by atoms with Crippen molar-refractivity contribution in [3.05, 3.63) is 94.7 Å².